The Kier molecular flexibility index (Phi) is 3.80. The number of ether oxygens (including phenoxy) is 2. The van der Waals surface area contributed by atoms with Crippen LogP contribution in [0.15, 0.2) is 12.1 Å². The molecule has 1 N–H and O–H groups in total. The molecule has 6 heteroatoms. The number of hydrogen-bond donors (Lipinski definition) is 1. The molecule has 1 amide bonds. The number of phenols is 1. The molecule has 0 fully saturated rings. The van der Waals surface area contributed by atoms with Gasteiger partial charge in [-0.3, -0.25) is 4.90 Å². The van der Waals surface area contributed by atoms with Gasteiger partial charge < -0.3 is 14.6 Å². The van der Waals surface area contributed by atoms with Gasteiger partial charge in [0.05, 0.1) is 12.8 Å². The molecule has 114 valence electrons. The first-order chi connectivity index (χ1) is 9.74. The second-order valence-corrected chi connectivity index (χ2v) is 5.83. The van der Waals surface area contributed by atoms with Gasteiger partial charge in [-0.15, -0.1) is 0 Å². The highest BCUT2D eigenvalue weighted by Crippen LogP contribution is 2.36. The van der Waals surface area contributed by atoms with Crippen molar-refractivity contribution < 1.29 is 24.2 Å². The summed E-state index contributed by atoms with van der Waals surface area (Å²) in [7, 11) is 1.25. The third-order valence-corrected chi connectivity index (χ3v) is 3.15. The Balaban J connectivity index is 2.38. The average Bonchev–Trinajstić information content (AvgIpc) is 2.79. The summed E-state index contributed by atoms with van der Waals surface area (Å²) in [6.07, 6.45) is -0.00399. The van der Waals surface area contributed by atoms with E-state index in [2.05, 4.69) is 4.74 Å². The van der Waals surface area contributed by atoms with Gasteiger partial charge in [-0.05, 0) is 44.9 Å². The molecule has 0 aromatic heterocycles. The van der Waals surface area contributed by atoms with Gasteiger partial charge in [-0.2, -0.15) is 0 Å². The molecule has 6 nitrogen and oxygen atoms in total. The molecule has 21 heavy (non-hydrogen) atoms. The Hall–Kier alpha value is -2.24. The Morgan fingerprint density at radius 1 is 1.29 bits per heavy atom. The van der Waals surface area contributed by atoms with Crippen molar-refractivity contribution in [3.05, 3.63) is 23.3 Å². The third kappa shape index (κ3) is 2.94. The van der Waals surface area contributed by atoms with E-state index in [9.17, 15) is 14.7 Å². The Morgan fingerprint density at radius 2 is 1.95 bits per heavy atom. The molecule has 0 unspecified atom stereocenters. The van der Waals surface area contributed by atoms with E-state index in [1.165, 1.54) is 18.1 Å². The van der Waals surface area contributed by atoms with Gasteiger partial charge in [0.15, 0.2) is 0 Å². The summed E-state index contributed by atoms with van der Waals surface area (Å²) in [5.41, 5.74) is 0.693. The summed E-state index contributed by atoms with van der Waals surface area (Å²) in [4.78, 5) is 25.4. The van der Waals surface area contributed by atoms with Crippen molar-refractivity contribution in [2.45, 2.75) is 32.8 Å². The molecule has 1 aromatic rings. The van der Waals surface area contributed by atoms with E-state index in [0.717, 1.165) is 0 Å². The molecule has 0 bridgehead atoms. The number of aromatic hydroxyl groups is 1. The largest absolute Gasteiger partial charge is 0.507 e. The minimum atomic E-state index is -0.615. The Bertz CT molecular complexity index is 588. The smallest absolute Gasteiger partial charge is 0.414 e. The zero-order valence-electron chi connectivity index (χ0n) is 12.6. The SMILES string of the molecule is COC(=O)c1c(O)ccc2c1CCN2C(=O)OC(C)(C)C. The monoisotopic (exact) mass is 293 g/mol. The van der Waals surface area contributed by atoms with Gasteiger partial charge >= 0.3 is 12.1 Å². The second-order valence-electron chi connectivity index (χ2n) is 5.83. The van der Waals surface area contributed by atoms with Gasteiger partial charge in [-0.25, -0.2) is 9.59 Å². The molecule has 0 aliphatic carbocycles. The van der Waals surface area contributed by atoms with Gasteiger partial charge in [0.1, 0.15) is 16.9 Å². The minimum Gasteiger partial charge on any atom is -0.507 e. The zero-order valence-corrected chi connectivity index (χ0v) is 12.6. The lowest BCUT2D eigenvalue weighted by Gasteiger charge is -2.25. The van der Waals surface area contributed by atoms with Gasteiger partial charge in [-0.1, -0.05) is 0 Å². The lowest BCUT2D eigenvalue weighted by Crippen LogP contribution is -2.35. The van der Waals surface area contributed by atoms with Crippen molar-refractivity contribution in [2.24, 2.45) is 0 Å². The van der Waals surface area contributed by atoms with Gasteiger partial charge in [0.25, 0.3) is 0 Å². The van der Waals surface area contributed by atoms with Crippen molar-refractivity contribution in [2.75, 3.05) is 18.6 Å². The quantitative estimate of drug-likeness (QED) is 0.805. The molecule has 1 heterocycles. The highest BCUT2D eigenvalue weighted by Gasteiger charge is 2.33. The number of benzene rings is 1. The summed E-state index contributed by atoms with van der Waals surface area (Å²) in [5.74, 6) is -0.762. The van der Waals surface area contributed by atoms with Gasteiger partial charge in [0, 0.05) is 6.54 Å². The first-order valence-corrected chi connectivity index (χ1v) is 6.68. The minimum absolute atomic E-state index is 0.112. The maximum Gasteiger partial charge on any atom is 0.414 e. The summed E-state index contributed by atoms with van der Waals surface area (Å²) in [6, 6.07) is 2.99. The standard InChI is InChI=1S/C15H19NO5/c1-15(2,3)21-14(19)16-8-7-9-10(16)5-6-11(17)12(9)13(18)20-4/h5-6,17H,7-8H2,1-4H3. The van der Waals surface area contributed by atoms with E-state index in [4.69, 9.17) is 4.74 Å². The number of phenolic OH excluding ortho intramolecular Hbond substituents is 1. The van der Waals surface area contributed by atoms with E-state index < -0.39 is 17.7 Å². The fraction of sp³-hybridized carbons (Fsp3) is 0.467. The first-order valence-electron chi connectivity index (χ1n) is 6.68. The number of carbonyl (C=O) groups excluding carboxylic acids is 2. The lowest BCUT2D eigenvalue weighted by atomic mass is 10.0. The van der Waals surface area contributed by atoms with Crippen LogP contribution in [0.3, 0.4) is 0 Å². The van der Waals surface area contributed by atoms with Crippen molar-refractivity contribution in [1.29, 1.82) is 0 Å². The summed E-state index contributed by atoms with van der Waals surface area (Å²) >= 11 is 0. The zero-order chi connectivity index (χ0) is 15.8. The van der Waals surface area contributed by atoms with Crippen LogP contribution < -0.4 is 4.90 Å². The van der Waals surface area contributed by atoms with Crippen LogP contribution in [-0.4, -0.2) is 36.4 Å². The summed E-state index contributed by atoms with van der Waals surface area (Å²) < 4.78 is 10.0. The third-order valence-electron chi connectivity index (χ3n) is 3.15. The molecule has 0 atom stereocenters. The van der Waals surface area contributed by atoms with E-state index >= 15 is 0 Å². The maximum absolute atomic E-state index is 12.2. The maximum atomic E-state index is 12.2. The first kappa shape index (κ1) is 15.2. The average molecular weight is 293 g/mol. The van der Waals surface area contributed by atoms with Crippen molar-refractivity contribution in [1.82, 2.24) is 0 Å². The van der Waals surface area contributed by atoms with E-state index in [-0.39, 0.29) is 11.3 Å². The molecule has 1 aliphatic heterocycles. The number of rotatable bonds is 1. The molecule has 0 saturated carbocycles. The van der Waals surface area contributed by atoms with Crippen LogP contribution >= 0.6 is 0 Å². The molecule has 0 saturated heterocycles. The molecule has 0 radical (unpaired) electrons. The number of fused-ring (bicyclic) bond motifs is 1. The Labute approximate surface area is 123 Å². The number of carbonyl (C=O) groups is 2. The fourth-order valence-corrected chi connectivity index (χ4v) is 2.31. The molecule has 1 aromatic carbocycles. The molecule has 0 spiro atoms. The number of hydrogen-bond acceptors (Lipinski definition) is 5. The topological polar surface area (TPSA) is 76.1 Å². The number of nitrogens with zero attached hydrogens (tertiary/aromatic N) is 1. The summed E-state index contributed by atoms with van der Waals surface area (Å²) in [5, 5.41) is 9.85. The predicted molar refractivity (Wildman–Crippen MR) is 76.7 cm³/mol. The predicted octanol–water partition coefficient (Wildman–Crippen LogP) is 2.48. The van der Waals surface area contributed by atoms with Crippen LogP contribution in [0.4, 0.5) is 10.5 Å². The van der Waals surface area contributed by atoms with Crippen LogP contribution in [0.5, 0.6) is 5.75 Å². The van der Waals surface area contributed by atoms with E-state index in [0.29, 0.717) is 24.2 Å². The molecular weight excluding hydrogens is 274 g/mol. The Morgan fingerprint density at radius 3 is 2.52 bits per heavy atom. The normalized spacial score (nSPS) is 13.8. The van der Waals surface area contributed by atoms with Crippen LogP contribution in [0.2, 0.25) is 0 Å². The van der Waals surface area contributed by atoms with Crippen molar-refractivity contribution >= 4 is 17.7 Å². The van der Waals surface area contributed by atoms with Crippen LogP contribution in [0, 0.1) is 0 Å². The number of amides is 1. The highest BCUT2D eigenvalue weighted by atomic mass is 16.6. The molecule has 2 rings (SSSR count). The van der Waals surface area contributed by atoms with Gasteiger partial charge in [0.2, 0.25) is 0 Å². The van der Waals surface area contributed by atoms with Crippen molar-refractivity contribution in [3.8, 4) is 5.75 Å². The van der Waals surface area contributed by atoms with Crippen molar-refractivity contribution in [3.63, 3.8) is 0 Å². The number of methoxy groups -OCH3 is 1. The number of anilines is 1. The van der Waals surface area contributed by atoms with Crippen LogP contribution in [0.25, 0.3) is 0 Å². The molecular formula is C15H19NO5. The summed E-state index contributed by atoms with van der Waals surface area (Å²) in [6.45, 7) is 5.77. The second kappa shape index (κ2) is 5.27. The lowest BCUT2D eigenvalue weighted by molar-refractivity contribution is 0.0577. The van der Waals surface area contributed by atoms with Crippen LogP contribution in [-0.2, 0) is 15.9 Å². The molecule has 1 aliphatic rings. The fourth-order valence-electron chi connectivity index (χ4n) is 2.31. The highest BCUT2D eigenvalue weighted by molar-refractivity contribution is 5.99. The van der Waals surface area contributed by atoms with Crippen LogP contribution in [0.1, 0.15) is 36.7 Å². The number of esters is 1. The van der Waals surface area contributed by atoms with E-state index in [1.807, 2.05) is 0 Å². The van der Waals surface area contributed by atoms with E-state index in [1.54, 1.807) is 26.8 Å².